The molecule has 0 saturated carbocycles. The molecule has 7 rings (SSSR count). The molecule has 3 aliphatic rings. The van der Waals surface area contributed by atoms with E-state index in [0.717, 1.165) is 49.4 Å². The lowest BCUT2D eigenvalue weighted by Gasteiger charge is -2.39. The Balaban J connectivity index is 0.998. The van der Waals surface area contributed by atoms with Crippen molar-refractivity contribution in [3.05, 3.63) is 88.1 Å². The van der Waals surface area contributed by atoms with Crippen LogP contribution in [0.1, 0.15) is 65.5 Å². The van der Waals surface area contributed by atoms with Gasteiger partial charge in [0, 0.05) is 53.5 Å². The second-order valence-electron chi connectivity index (χ2n) is 13.7. The third-order valence-electron chi connectivity index (χ3n) is 10.2. The number of ether oxygens (including phenoxy) is 2. The summed E-state index contributed by atoms with van der Waals surface area (Å²) in [4.78, 5) is 50.7. The Kier molecular flexibility index (Phi) is 10.6. The quantitative estimate of drug-likeness (QED) is 0.204. The summed E-state index contributed by atoms with van der Waals surface area (Å²) >= 11 is 5.87. The van der Waals surface area contributed by atoms with Gasteiger partial charge in [0.05, 0.1) is 39.6 Å². The van der Waals surface area contributed by atoms with Crippen molar-refractivity contribution in [2.45, 2.75) is 69.0 Å². The molecule has 3 fully saturated rings. The molecular formula is C37H39ClFN6O6Si. The number of benzene rings is 2. The van der Waals surface area contributed by atoms with Gasteiger partial charge >= 0.3 is 5.97 Å². The molecule has 2 aromatic carbocycles. The summed E-state index contributed by atoms with van der Waals surface area (Å²) in [6.45, 7) is 3.61. The van der Waals surface area contributed by atoms with E-state index in [1.807, 2.05) is 18.2 Å². The maximum absolute atomic E-state index is 14.2. The number of amides is 2. The lowest BCUT2D eigenvalue weighted by Crippen LogP contribution is -2.48. The van der Waals surface area contributed by atoms with Gasteiger partial charge in [0.1, 0.15) is 24.3 Å². The number of pyridine rings is 1. The number of hydrogen-bond acceptors (Lipinski definition) is 8. The molecule has 2 atom stereocenters. The third-order valence-corrected chi connectivity index (χ3v) is 10.9. The SMILES string of the molecule is O=C(NCC(=O)N1CCC[C@H]1C(=O)O)c1ccc2c(c1)nc(CN1CCC(c3cccc(OCc4ccc(Cl)cc4F)n3)CC1)n2CC1([Si])CCO1. The van der Waals surface area contributed by atoms with Crippen molar-refractivity contribution in [1.29, 1.82) is 0 Å². The molecule has 3 aliphatic heterocycles. The van der Waals surface area contributed by atoms with E-state index < -0.39 is 34.9 Å². The van der Waals surface area contributed by atoms with Gasteiger partial charge in [0.25, 0.3) is 5.91 Å². The number of carboxylic acid groups (broad SMARTS) is 1. The van der Waals surface area contributed by atoms with E-state index in [4.69, 9.17) is 31.0 Å². The van der Waals surface area contributed by atoms with Gasteiger partial charge in [-0.05, 0) is 81.6 Å². The molecule has 0 bridgehead atoms. The maximum Gasteiger partial charge on any atom is 0.326 e. The Morgan fingerprint density at radius 2 is 1.88 bits per heavy atom. The number of hydrogen-bond donors (Lipinski definition) is 2. The van der Waals surface area contributed by atoms with Gasteiger partial charge in [0.2, 0.25) is 11.8 Å². The molecule has 52 heavy (non-hydrogen) atoms. The van der Waals surface area contributed by atoms with Gasteiger partial charge < -0.3 is 29.4 Å². The highest BCUT2D eigenvalue weighted by molar-refractivity contribution is 6.30. The number of likely N-dealkylation sites (tertiary alicyclic amines) is 2. The van der Waals surface area contributed by atoms with Crippen molar-refractivity contribution < 1.29 is 33.4 Å². The van der Waals surface area contributed by atoms with Crippen LogP contribution in [0.4, 0.5) is 4.39 Å². The van der Waals surface area contributed by atoms with Crippen LogP contribution in [0.15, 0.2) is 54.6 Å². The van der Waals surface area contributed by atoms with Crippen LogP contribution in [0, 0.1) is 5.82 Å². The third kappa shape index (κ3) is 7.99. The van der Waals surface area contributed by atoms with E-state index in [9.17, 15) is 23.9 Å². The Morgan fingerprint density at radius 3 is 2.62 bits per heavy atom. The van der Waals surface area contributed by atoms with E-state index in [2.05, 4.69) is 25.0 Å². The minimum atomic E-state index is -1.03. The number of imidazole rings is 1. The Morgan fingerprint density at radius 1 is 1.08 bits per heavy atom. The van der Waals surface area contributed by atoms with Crippen molar-refractivity contribution >= 4 is 50.7 Å². The first-order valence-corrected chi connectivity index (χ1v) is 18.4. The zero-order valence-electron chi connectivity index (χ0n) is 28.5. The molecule has 15 heteroatoms. The van der Waals surface area contributed by atoms with Gasteiger partial charge in [-0.15, -0.1) is 0 Å². The average Bonchev–Trinajstić information content (AvgIpc) is 3.75. The zero-order valence-corrected chi connectivity index (χ0v) is 30.3. The van der Waals surface area contributed by atoms with E-state index >= 15 is 0 Å². The number of nitrogens with zero attached hydrogens (tertiary/aromatic N) is 5. The summed E-state index contributed by atoms with van der Waals surface area (Å²) in [6.07, 6.45) is 3.66. The highest BCUT2D eigenvalue weighted by Crippen LogP contribution is 2.31. The van der Waals surface area contributed by atoms with Gasteiger partial charge in [-0.25, -0.2) is 19.2 Å². The molecule has 1 unspecified atom stereocenters. The van der Waals surface area contributed by atoms with Gasteiger partial charge in [-0.3, -0.25) is 14.5 Å². The lowest BCUT2D eigenvalue weighted by atomic mass is 9.93. The number of carbonyl (C=O) groups excluding carboxylic acids is 2. The van der Waals surface area contributed by atoms with Crippen molar-refractivity contribution in [2.24, 2.45) is 0 Å². The van der Waals surface area contributed by atoms with E-state index in [0.29, 0.717) is 66.6 Å². The normalized spacial score (nSPS) is 20.9. The standard InChI is InChI=1S/C37H39ClFN6O6Si/c38-26-8-6-25(27(39)18-26)21-50-33-5-1-3-28(42-33)23-10-14-43(15-11-23)20-32-41-29-17-24(7-9-30(29)45(32)22-37(52)12-16-51-37)35(47)40-19-34(46)44-13-2-4-31(44)36(48)49/h1,3,5-9,17-18,23,31H,2,4,10-16,19-22H2,(H,40,47)(H,48,49)/t31-,37?/m0/s1. The fourth-order valence-electron chi connectivity index (χ4n) is 7.14. The van der Waals surface area contributed by atoms with E-state index in [1.54, 1.807) is 30.3 Å². The van der Waals surface area contributed by atoms with Crippen LogP contribution >= 0.6 is 11.6 Å². The number of nitrogens with one attached hydrogen (secondary N) is 1. The molecule has 2 amide bonds. The molecule has 0 spiro atoms. The smallest absolute Gasteiger partial charge is 0.326 e. The van der Waals surface area contributed by atoms with Crippen molar-refractivity contribution in [3.63, 3.8) is 0 Å². The second kappa shape index (κ2) is 15.3. The number of carbonyl (C=O) groups is 3. The summed E-state index contributed by atoms with van der Waals surface area (Å²) in [7, 11) is 3.82. The molecule has 2 N–H and O–H groups in total. The van der Waals surface area contributed by atoms with Crippen molar-refractivity contribution in [2.75, 3.05) is 32.8 Å². The minimum absolute atomic E-state index is 0.0546. The molecule has 271 valence electrons. The maximum atomic E-state index is 14.2. The first-order valence-electron chi connectivity index (χ1n) is 17.5. The van der Waals surface area contributed by atoms with E-state index in [1.165, 1.54) is 11.0 Å². The van der Waals surface area contributed by atoms with Crippen molar-refractivity contribution in [3.8, 4) is 5.88 Å². The molecule has 3 radical (unpaired) electrons. The van der Waals surface area contributed by atoms with Gasteiger partial charge in [-0.1, -0.05) is 23.7 Å². The number of piperidine rings is 1. The molecule has 5 heterocycles. The van der Waals surface area contributed by atoms with Gasteiger partial charge in [0.15, 0.2) is 0 Å². The summed E-state index contributed by atoms with van der Waals surface area (Å²) in [5.41, 5.74) is 3.24. The molecule has 0 aliphatic carbocycles. The fourth-order valence-corrected chi connectivity index (χ4v) is 7.66. The number of fused-ring (bicyclic) bond motifs is 1. The second-order valence-corrected chi connectivity index (χ2v) is 15.0. The molecule has 3 saturated heterocycles. The van der Waals surface area contributed by atoms with Crippen LogP contribution in [-0.4, -0.2) is 102 Å². The van der Waals surface area contributed by atoms with Crippen LogP contribution in [0.3, 0.4) is 0 Å². The summed E-state index contributed by atoms with van der Waals surface area (Å²) < 4.78 is 28.1. The topological polar surface area (TPSA) is 139 Å². The predicted octanol–water partition coefficient (Wildman–Crippen LogP) is 4.27. The summed E-state index contributed by atoms with van der Waals surface area (Å²) in [5.74, 6) is -0.753. The largest absolute Gasteiger partial charge is 0.480 e. The Hall–Kier alpha value is -4.37. The first-order chi connectivity index (χ1) is 25.0. The highest BCUT2D eigenvalue weighted by atomic mass is 35.5. The van der Waals surface area contributed by atoms with Gasteiger partial charge in [-0.2, -0.15) is 0 Å². The predicted molar refractivity (Wildman–Crippen MR) is 191 cm³/mol. The zero-order chi connectivity index (χ0) is 36.4. The summed E-state index contributed by atoms with van der Waals surface area (Å²) in [5, 5.41) is 11.9. The molecule has 12 nitrogen and oxygen atoms in total. The number of halogens is 2. The van der Waals surface area contributed by atoms with E-state index in [-0.39, 0.29) is 19.1 Å². The van der Waals surface area contributed by atoms with Crippen LogP contribution < -0.4 is 10.1 Å². The summed E-state index contributed by atoms with van der Waals surface area (Å²) in [6, 6.07) is 14.7. The number of aliphatic carboxylic acids is 1. The van der Waals surface area contributed by atoms with Crippen LogP contribution in [0.25, 0.3) is 11.0 Å². The molecular weight excluding hydrogens is 707 g/mol. The average molecular weight is 746 g/mol. The first kappa shape index (κ1) is 36.0. The van der Waals surface area contributed by atoms with Crippen LogP contribution in [0.5, 0.6) is 5.88 Å². The Bertz CT molecular complexity index is 1980. The van der Waals surface area contributed by atoms with Crippen LogP contribution in [0.2, 0.25) is 5.02 Å². The fraction of sp³-hybridized carbons (Fsp3) is 0.432. The minimum Gasteiger partial charge on any atom is -0.480 e. The Labute approximate surface area is 308 Å². The van der Waals surface area contributed by atoms with Crippen molar-refractivity contribution in [1.82, 2.24) is 29.7 Å². The highest BCUT2D eigenvalue weighted by Gasteiger charge is 2.36. The number of carboxylic acids is 1. The molecule has 2 aromatic heterocycles. The van der Waals surface area contributed by atoms with Crippen LogP contribution in [-0.2, 0) is 34.0 Å². The monoisotopic (exact) mass is 745 g/mol. The number of aromatic nitrogens is 3. The number of rotatable bonds is 12. The lowest BCUT2D eigenvalue weighted by molar-refractivity contribution is -0.147. The molecule has 4 aromatic rings.